The number of hydrogen-bond donors (Lipinski definition) is 2. The van der Waals surface area contributed by atoms with E-state index in [0.717, 1.165) is 32.1 Å². The summed E-state index contributed by atoms with van der Waals surface area (Å²) in [5, 5.41) is 5.42. The molecule has 0 aromatic heterocycles. The molecule has 1 atom stereocenters. The Kier molecular flexibility index (Phi) is 10.6. The van der Waals surface area contributed by atoms with Crippen LogP contribution in [0.2, 0.25) is 10.0 Å². The van der Waals surface area contributed by atoms with E-state index in [9.17, 15) is 19.2 Å². The number of esters is 1. The van der Waals surface area contributed by atoms with Crippen LogP contribution in [-0.2, 0) is 19.1 Å². The van der Waals surface area contributed by atoms with Gasteiger partial charge in [-0.15, -0.1) is 0 Å². The van der Waals surface area contributed by atoms with Crippen LogP contribution < -0.4 is 10.6 Å². The summed E-state index contributed by atoms with van der Waals surface area (Å²) >= 11 is 13.4. The number of carbonyl (C=O) groups is 4. The summed E-state index contributed by atoms with van der Waals surface area (Å²) in [5.74, 6) is -1.91. The second-order valence-electron chi connectivity index (χ2n) is 7.29. The Hall–Kier alpha value is -1.77. The van der Waals surface area contributed by atoms with Gasteiger partial charge in [-0.25, -0.2) is 4.79 Å². The molecule has 2 N–H and O–H groups in total. The highest BCUT2D eigenvalue weighted by Gasteiger charge is 2.26. The average Bonchev–Trinajstić information content (AvgIpc) is 2.75. The van der Waals surface area contributed by atoms with E-state index in [1.807, 2.05) is 6.26 Å². The van der Waals surface area contributed by atoms with Gasteiger partial charge >= 0.3 is 5.97 Å². The van der Waals surface area contributed by atoms with Crippen molar-refractivity contribution in [3.63, 3.8) is 0 Å². The third-order valence-corrected chi connectivity index (χ3v) is 6.15. The molecule has 1 aromatic carbocycles. The second-order valence-corrected chi connectivity index (χ2v) is 9.12. The Morgan fingerprint density at radius 1 is 1.16 bits per heavy atom. The number of benzene rings is 1. The van der Waals surface area contributed by atoms with Crippen LogP contribution in [0.3, 0.4) is 0 Å². The van der Waals surface area contributed by atoms with Crippen molar-refractivity contribution in [1.82, 2.24) is 10.6 Å². The monoisotopic (exact) mass is 488 g/mol. The molecule has 0 unspecified atom stereocenters. The molecule has 0 spiro atoms. The summed E-state index contributed by atoms with van der Waals surface area (Å²) in [6.45, 7) is -0.593. The van der Waals surface area contributed by atoms with Gasteiger partial charge < -0.3 is 10.1 Å². The van der Waals surface area contributed by atoms with Crippen LogP contribution in [0.5, 0.6) is 0 Å². The van der Waals surface area contributed by atoms with Crippen molar-refractivity contribution < 1.29 is 23.9 Å². The molecule has 1 saturated carbocycles. The number of carbonyl (C=O) groups excluding carboxylic acids is 4. The highest BCUT2D eigenvalue weighted by atomic mass is 35.5. The zero-order valence-electron chi connectivity index (χ0n) is 17.2. The number of thioether (sulfide) groups is 1. The predicted molar refractivity (Wildman–Crippen MR) is 121 cm³/mol. The quantitative estimate of drug-likeness (QED) is 0.514. The van der Waals surface area contributed by atoms with Gasteiger partial charge in [0, 0.05) is 10.9 Å². The number of rotatable bonds is 9. The molecule has 31 heavy (non-hydrogen) atoms. The van der Waals surface area contributed by atoms with Crippen LogP contribution in [0.25, 0.3) is 0 Å². The minimum atomic E-state index is -0.964. The zero-order chi connectivity index (χ0) is 22.8. The first-order valence-corrected chi connectivity index (χ1v) is 12.2. The summed E-state index contributed by atoms with van der Waals surface area (Å²) < 4.78 is 5.06. The molecule has 2 rings (SSSR count). The molecule has 0 saturated heterocycles. The van der Waals surface area contributed by atoms with E-state index in [4.69, 9.17) is 27.9 Å². The van der Waals surface area contributed by atoms with Gasteiger partial charge in [-0.05, 0) is 49.5 Å². The van der Waals surface area contributed by atoms with Crippen LogP contribution in [0, 0.1) is 5.92 Å². The highest BCUT2D eigenvalue weighted by molar-refractivity contribution is 7.98. The van der Waals surface area contributed by atoms with Crippen molar-refractivity contribution in [3.05, 3.63) is 33.8 Å². The lowest BCUT2D eigenvalue weighted by atomic mass is 9.89. The second kappa shape index (κ2) is 12.9. The van der Waals surface area contributed by atoms with Crippen molar-refractivity contribution in [2.24, 2.45) is 5.92 Å². The fraction of sp³-hybridized carbons (Fsp3) is 0.524. The lowest BCUT2D eigenvalue weighted by molar-refractivity contribution is -0.151. The first-order valence-electron chi connectivity index (χ1n) is 10.1. The number of amides is 3. The van der Waals surface area contributed by atoms with E-state index >= 15 is 0 Å². The van der Waals surface area contributed by atoms with Gasteiger partial charge in [0.2, 0.25) is 5.91 Å². The van der Waals surface area contributed by atoms with E-state index in [2.05, 4.69) is 10.6 Å². The van der Waals surface area contributed by atoms with E-state index < -0.39 is 30.4 Å². The molecule has 0 bridgehead atoms. The lowest BCUT2D eigenvalue weighted by Crippen LogP contribution is -2.44. The fourth-order valence-electron chi connectivity index (χ4n) is 3.27. The standard InChI is InChI=1S/C21H26Cl2N2O5S/c1-31-10-9-17(24-20(28)15-8-7-14(22)11-16(15)23)21(29)30-12-18(26)25-19(27)13-5-3-2-4-6-13/h7-8,11,13,17H,2-6,9-10,12H2,1H3,(H,24,28)(H,25,26,27)/t17-/m0/s1. The Bertz CT molecular complexity index is 815. The van der Waals surface area contributed by atoms with Gasteiger partial charge in [-0.2, -0.15) is 11.8 Å². The minimum Gasteiger partial charge on any atom is -0.454 e. The average molecular weight is 489 g/mol. The molecule has 170 valence electrons. The Morgan fingerprint density at radius 2 is 1.87 bits per heavy atom. The number of imide groups is 1. The normalized spacial score (nSPS) is 15.1. The van der Waals surface area contributed by atoms with Gasteiger partial charge in [0.05, 0.1) is 10.6 Å². The van der Waals surface area contributed by atoms with E-state index in [0.29, 0.717) is 17.2 Å². The summed E-state index contributed by atoms with van der Waals surface area (Å²) in [6, 6.07) is 3.45. The Morgan fingerprint density at radius 3 is 2.52 bits per heavy atom. The molecule has 0 aliphatic heterocycles. The van der Waals surface area contributed by atoms with E-state index in [1.54, 1.807) is 0 Å². The Labute approximate surface area is 195 Å². The largest absolute Gasteiger partial charge is 0.454 e. The third kappa shape index (κ3) is 8.35. The SMILES string of the molecule is CSCC[C@H](NC(=O)c1ccc(Cl)cc1Cl)C(=O)OCC(=O)NC(=O)C1CCCCC1. The van der Waals surface area contributed by atoms with E-state index in [1.165, 1.54) is 30.0 Å². The first-order chi connectivity index (χ1) is 14.8. The molecule has 0 heterocycles. The molecular formula is C21H26Cl2N2O5S. The smallest absolute Gasteiger partial charge is 0.329 e. The van der Waals surface area contributed by atoms with Crippen LogP contribution in [0.4, 0.5) is 0 Å². The maximum atomic E-state index is 12.5. The molecule has 7 nitrogen and oxygen atoms in total. The fourth-order valence-corrected chi connectivity index (χ4v) is 4.24. The van der Waals surface area contributed by atoms with Gasteiger partial charge in [0.15, 0.2) is 6.61 Å². The molecule has 1 aromatic rings. The summed E-state index contributed by atoms with van der Waals surface area (Å²) in [4.78, 5) is 49.2. The number of halogens is 2. The number of ether oxygens (including phenoxy) is 1. The molecule has 3 amide bonds. The Balaban J connectivity index is 1.90. The van der Waals surface area contributed by atoms with Crippen LogP contribution >= 0.6 is 35.0 Å². The molecular weight excluding hydrogens is 463 g/mol. The highest BCUT2D eigenvalue weighted by Crippen LogP contribution is 2.23. The molecule has 1 aliphatic carbocycles. The van der Waals surface area contributed by atoms with Crippen molar-refractivity contribution >= 4 is 58.7 Å². The van der Waals surface area contributed by atoms with Gasteiger partial charge in [-0.3, -0.25) is 19.7 Å². The van der Waals surface area contributed by atoms with Crippen molar-refractivity contribution in [1.29, 1.82) is 0 Å². The van der Waals surface area contributed by atoms with Crippen molar-refractivity contribution in [2.75, 3.05) is 18.6 Å². The summed E-state index contributed by atoms with van der Waals surface area (Å²) in [5.41, 5.74) is 0.170. The maximum absolute atomic E-state index is 12.5. The molecule has 10 heteroatoms. The summed E-state index contributed by atoms with van der Waals surface area (Å²) in [7, 11) is 0. The summed E-state index contributed by atoms with van der Waals surface area (Å²) in [6.07, 6.45) is 6.72. The van der Waals surface area contributed by atoms with Crippen LogP contribution in [-0.4, -0.2) is 48.3 Å². The van der Waals surface area contributed by atoms with Crippen molar-refractivity contribution in [3.8, 4) is 0 Å². The predicted octanol–water partition coefficient (Wildman–Crippen LogP) is 3.61. The molecule has 1 aliphatic rings. The van der Waals surface area contributed by atoms with Crippen LogP contribution in [0.1, 0.15) is 48.9 Å². The molecule has 1 fully saturated rings. The lowest BCUT2D eigenvalue weighted by Gasteiger charge is -2.20. The van der Waals surface area contributed by atoms with Crippen molar-refractivity contribution in [2.45, 2.75) is 44.6 Å². The zero-order valence-corrected chi connectivity index (χ0v) is 19.6. The third-order valence-electron chi connectivity index (χ3n) is 4.96. The molecule has 0 radical (unpaired) electrons. The van der Waals surface area contributed by atoms with Gasteiger partial charge in [0.25, 0.3) is 11.8 Å². The van der Waals surface area contributed by atoms with Gasteiger partial charge in [0.1, 0.15) is 6.04 Å². The topological polar surface area (TPSA) is 102 Å². The minimum absolute atomic E-state index is 0.155. The number of hydrogen-bond acceptors (Lipinski definition) is 6. The first kappa shape index (κ1) is 25.5. The van der Waals surface area contributed by atoms with Gasteiger partial charge in [-0.1, -0.05) is 42.5 Å². The maximum Gasteiger partial charge on any atom is 0.329 e. The van der Waals surface area contributed by atoms with E-state index in [-0.39, 0.29) is 22.4 Å². The number of nitrogens with one attached hydrogen (secondary N) is 2. The van der Waals surface area contributed by atoms with Crippen LogP contribution in [0.15, 0.2) is 18.2 Å².